The fourth-order valence-corrected chi connectivity index (χ4v) is 2.84. The number of carboxylic acids is 1. The summed E-state index contributed by atoms with van der Waals surface area (Å²) in [5, 5.41) is 12.4. The third kappa shape index (κ3) is 4.62. The van der Waals surface area contributed by atoms with Crippen molar-refractivity contribution in [3.63, 3.8) is 0 Å². The van der Waals surface area contributed by atoms with Crippen LogP contribution in [0.2, 0.25) is 0 Å². The van der Waals surface area contributed by atoms with Crippen molar-refractivity contribution in [2.24, 2.45) is 0 Å². The average Bonchev–Trinajstić information content (AvgIpc) is 2.58. The summed E-state index contributed by atoms with van der Waals surface area (Å²) in [5.74, 6) is -0.846. The molecular formula is C19H23NO6. The van der Waals surface area contributed by atoms with Crippen LogP contribution >= 0.6 is 0 Å². The van der Waals surface area contributed by atoms with Gasteiger partial charge in [0.15, 0.2) is 0 Å². The molecular weight excluding hydrogens is 338 g/mol. The van der Waals surface area contributed by atoms with E-state index in [2.05, 4.69) is 5.32 Å². The van der Waals surface area contributed by atoms with E-state index in [9.17, 15) is 14.4 Å². The summed E-state index contributed by atoms with van der Waals surface area (Å²) in [6.07, 6.45) is 1.56. The van der Waals surface area contributed by atoms with Crippen molar-refractivity contribution in [2.75, 3.05) is 7.11 Å². The lowest BCUT2D eigenvalue weighted by atomic mass is 10.0. The number of nitrogens with one attached hydrogen (secondary N) is 1. The molecule has 1 unspecified atom stereocenters. The van der Waals surface area contributed by atoms with Gasteiger partial charge in [0.1, 0.15) is 17.4 Å². The predicted molar refractivity (Wildman–Crippen MR) is 96.6 cm³/mol. The van der Waals surface area contributed by atoms with E-state index in [1.54, 1.807) is 6.07 Å². The minimum atomic E-state index is -1.03. The molecule has 1 aromatic carbocycles. The Morgan fingerprint density at radius 1 is 1.31 bits per heavy atom. The molecule has 2 rings (SSSR count). The van der Waals surface area contributed by atoms with Crippen LogP contribution in [-0.2, 0) is 16.0 Å². The minimum Gasteiger partial charge on any atom is -0.496 e. The Hall–Kier alpha value is -2.83. The predicted octanol–water partition coefficient (Wildman–Crippen LogP) is 2.41. The van der Waals surface area contributed by atoms with Crippen LogP contribution in [0.15, 0.2) is 27.4 Å². The van der Waals surface area contributed by atoms with E-state index >= 15 is 0 Å². The molecule has 0 aliphatic rings. The molecule has 7 heteroatoms. The highest BCUT2D eigenvalue weighted by molar-refractivity contribution is 5.85. The number of carbonyl (C=O) groups is 2. The Morgan fingerprint density at radius 3 is 2.65 bits per heavy atom. The highest BCUT2D eigenvalue weighted by Crippen LogP contribution is 2.28. The maximum absolute atomic E-state index is 12.1. The first-order chi connectivity index (χ1) is 12.3. The molecule has 0 radical (unpaired) electrons. The van der Waals surface area contributed by atoms with E-state index in [1.165, 1.54) is 13.2 Å². The summed E-state index contributed by atoms with van der Waals surface area (Å²) < 4.78 is 10.5. The maximum Gasteiger partial charge on any atom is 0.336 e. The van der Waals surface area contributed by atoms with Crippen molar-refractivity contribution < 1.29 is 23.8 Å². The Morgan fingerprint density at radius 2 is 2.04 bits per heavy atom. The largest absolute Gasteiger partial charge is 0.496 e. The number of aryl methyl sites for hydroxylation is 2. The molecule has 0 saturated carbocycles. The number of methoxy groups -OCH3 is 1. The monoisotopic (exact) mass is 361 g/mol. The number of hydrogen-bond acceptors (Lipinski definition) is 5. The SMILES string of the molecule is CCCC(NC(=O)CCc1cc2c(C)cc(=O)oc2cc1OC)C(=O)O. The summed E-state index contributed by atoms with van der Waals surface area (Å²) >= 11 is 0. The van der Waals surface area contributed by atoms with Crippen LogP contribution in [0.25, 0.3) is 11.0 Å². The molecule has 0 spiro atoms. The Bertz CT molecular complexity index is 870. The van der Waals surface area contributed by atoms with Gasteiger partial charge >= 0.3 is 11.6 Å². The van der Waals surface area contributed by atoms with E-state index in [4.69, 9.17) is 14.3 Å². The van der Waals surface area contributed by atoms with Gasteiger partial charge in [-0.3, -0.25) is 4.79 Å². The summed E-state index contributed by atoms with van der Waals surface area (Å²) in [6.45, 7) is 3.67. The highest BCUT2D eigenvalue weighted by atomic mass is 16.5. The Labute approximate surface area is 151 Å². The molecule has 7 nitrogen and oxygen atoms in total. The molecule has 140 valence electrons. The first kappa shape index (κ1) is 19.5. The Balaban J connectivity index is 2.18. The van der Waals surface area contributed by atoms with Crippen molar-refractivity contribution in [3.05, 3.63) is 39.7 Å². The number of carboxylic acid groups (broad SMARTS) is 1. The molecule has 26 heavy (non-hydrogen) atoms. The van der Waals surface area contributed by atoms with Gasteiger partial charge in [-0.1, -0.05) is 13.3 Å². The smallest absolute Gasteiger partial charge is 0.336 e. The third-order valence-corrected chi connectivity index (χ3v) is 4.18. The van der Waals surface area contributed by atoms with Gasteiger partial charge < -0.3 is 19.6 Å². The first-order valence-electron chi connectivity index (χ1n) is 8.49. The second-order valence-electron chi connectivity index (χ2n) is 6.16. The quantitative estimate of drug-likeness (QED) is 0.700. The number of aliphatic carboxylic acids is 1. The highest BCUT2D eigenvalue weighted by Gasteiger charge is 2.19. The molecule has 2 aromatic rings. The van der Waals surface area contributed by atoms with E-state index in [0.29, 0.717) is 30.6 Å². The molecule has 1 aromatic heterocycles. The van der Waals surface area contributed by atoms with Crippen LogP contribution < -0.4 is 15.7 Å². The van der Waals surface area contributed by atoms with Crippen LogP contribution in [0.3, 0.4) is 0 Å². The van der Waals surface area contributed by atoms with Gasteiger partial charge in [-0.15, -0.1) is 0 Å². The van der Waals surface area contributed by atoms with Crippen LogP contribution in [0.4, 0.5) is 0 Å². The van der Waals surface area contributed by atoms with Gasteiger partial charge in [0.05, 0.1) is 7.11 Å². The normalized spacial score (nSPS) is 12.0. The summed E-state index contributed by atoms with van der Waals surface area (Å²) in [6, 6.07) is 4.00. The number of amides is 1. The molecule has 2 N–H and O–H groups in total. The minimum absolute atomic E-state index is 0.130. The molecule has 0 aliphatic heterocycles. The van der Waals surface area contributed by atoms with Gasteiger partial charge in [0, 0.05) is 23.9 Å². The van der Waals surface area contributed by atoms with Gasteiger partial charge in [-0.25, -0.2) is 9.59 Å². The lowest BCUT2D eigenvalue weighted by molar-refractivity contribution is -0.142. The first-order valence-corrected chi connectivity index (χ1v) is 8.49. The van der Waals surface area contributed by atoms with Crippen LogP contribution in [0, 0.1) is 6.92 Å². The molecule has 1 amide bonds. The number of hydrogen-bond donors (Lipinski definition) is 2. The number of rotatable bonds is 8. The molecule has 0 bridgehead atoms. The van der Waals surface area contributed by atoms with Gasteiger partial charge in [-0.05, 0) is 37.0 Å². The van der Waals surface area contributed by atoms with Crippen LogP contribution in [0.1, 0.15) is 37.3 Å². The lowest BCUT2D eigenvalue weighted by Crippen LogP contribution is -2.40. The van der Waals surface area contributed by atoms with Crippen molar-refractivity contribution in [1.29, 1.82) is 0 Å². The zero-order valence-electron chi connectivity index (χ0n) is 15.1. The van der Waals surface area contributed by atoms with E-state index in [1.807, 2.05) is 19.9 Å². The van der Waals surface area contributed by atoms with Crippen LogP contribution in [0.5, 0.6) is 5.75 Å². The van der Waals surface area contributed by atoms with Crippen molar-refractivity contribution in [2.45, 2.75) is 45.6 Å². The zero-order valence-corrected chi connectivity index (χ0v) is 15.1. The van der Waals surface area contributed by atoms with E-state index in [0.717, 1.165) is 16.5 Å². The standard InChI is InChI=1S/C19H23NO6/c1-4-5-14(19(23)24)20-17(21)7-6-12-9-13-11(2)8-18(22)26-16(13)10-15(12)25-3/h8-10,14H,4-7H2,1-3H3,(H,20,21)(H,23,24). The molecule has 0 aliphatic carbocycles. The van der Waals surface area contributed by atoms with Crippen molar-refractivity contribution >= 4 is 22.8 Å². The van der Waals surface area contributed by atoms with Crippen molar-refractivity contribution in [3.8, 4) is 5.75 Å². The summed E-state index contributed by atoms with van der Waals surface area (Å²) in [7, 11) is 1.50. The van der Waals surface area contributed by atoms with Gasteiger partial charge in [-0.2, -0.15) is 0 Å². The fourth-order valence-electron chi connectivity index (χ4n) is 2.84. The maximum atomic E-state index is 12.1. The van der Waals surface area contributed by atoms with Crippen LogP contribution in [-0.4, -0.2) is 30.1 Å². The van der Waals surface area contributed by atoms with Gasteiger partial charge in [0.25, 0.3) is 0 Å². The second kappa shape index (κ2) is 8.51. The summed E-state index contributed by atoms with van der Waals surface area (Å²) in [4.78, 5) is 34.8. The number of fused-ring (bicyclic) bond motifs is 1. The lowest BCUT2D eigenvalue weighted by Gasteiger charge is -2.14. The summed E-state index contributed by atoms with van der Waals surface area (Å²) in [5.41, 5.74) is 1.56. The molecule has 0 fully saturated rings. The zero-order chi connectivity index (χ0) is 19.3. The van der Waals surface area contributed by atoms with E-state index < -0.39 is 17.6 Å². The molecule has 1 atom stereocenters. The third-order valence-electron chi connectivity index (χ3n) is 4.18. The molecule has 1 heterocycles. The Kier molecular flexibility index (Phi) is 6.38. The van der Waals surface area contributed by atoms with E-state index in [-0.39, 0.29) is 12.3 Å². The topological polar surface area (TPSA) is 106 Å². The number of benzene rings is 1. The number of carbonyl (C=O) groups excluding carboxylic acids is 1. The molecule has 0 saturated heterocycles. The number of ether oxygens (including phenoxy) is 1. The average molecular weight is 361 g/mol. The second-order valence-corrected chi connectivity index (χ2v) is 6.16. The fraction of sp³-hybridized carbons (Fsp3) is 0.421. The van der Waals surface area contributed by atoms with Crippen molar-refractivity contribution in [1.82, 2.24) is 5.32 Å². The van der Waals surface area contributed by atoms with Gasteiger partial charge in [0.2, 0.25) is 5.91 Å².